The van der Waals surface area contributed by atoms with Gasteiger partial charge in [-0.2, -0.15) is 14.3 Å². The number of nitrogens with zero attached hydrogens (tertiary/aromatic N) is 6. The lowest BCUT2D eigenvalue weighted by atomic mass is 10.1. The number of methoxy groups -OCH3 is 1. The lowest BCUT2D eigenvalue weighted by molar-refractivity contribution is 0.144. The highest BCUT2D eigenvalue weighted by Crippen LogP contribution is 2.36. The molecule has 0 saturated carbocycles. The van der Waals surface area contributed by atoms with Crippen molar-refractivity contribution in [1.82, 2.24) is 34.0 Å². The summed E-state index contributed by atoms with van der Waals surface area (Å²) in [6, 6.07) is 11.6. The molecule has 2 N–H and O–H groups in total. The van der Waals surface area contributed by atoms with E-state index in [1.807, 2.05) is 12.1 Å². The zero-order chi connectivity index (χ0) is 28.6. The lowest BCUT2D eigenvalue weighted by Gasteiger charge is -2.32. The second kappa shape index (κ2) is 11.3. The van der Waals surface area contributed by atoms with Crippen molar-refractivity contribution in [3.05, 3.63) is 53.9 Å². The quantitative estimate of drug-likeness (QED) is 0.286. The number of aromatic nitrogens is 4. The van der Waals surface area contributed by atoms with Crippen molar-refractivity contribution in [2.45, 2.75) is 18.0 Å². The van der Waals surface area contributed by atoms with Crippen molar-refractivity contribution in [2.75, 3.05) is 65.9 Å². The van der Waals surface area contributed by atoms with Crippen molar-refractivity contribution in [2.24, 2.45) is 0 Å². The molecule has 0 atom stereocenters. The molecule has 1 aromatic carbocycles. The summed E-state index contributed by atoms with van der Waals surface area (Å²) in [7, 11) is 1.83. The van der Waals surface area contributed by atoms with Gasteiger partial charge in [0.2, 0.25) is 21.9 Å². The van der Waals surface area contributed by atoms with E-state index in [2.05, 4.69) is 44.3 Å². The van der Waals surface area contributed by atoms with Crippen LogP contribution in [0.4, 0.5) is 11.6 Å². The molecule has 0 unspecified atom stereocenters. The molecule has 6 rings (SSSR count). The first-order valence-electron chi connectivity index (χ1n) is 13.6. The second-order valence-electron chi connectivity index (χ2n) is 10.4. The van der Waals surface area contributed by atoms with Crippen LogP contribution in [-0.2, 0) is 27.8 Å². The summed E-state index contributed by atoms with van der Waals surface area (Å²) in [5, 5.41) is 3.96. The largest absolute Gasteiger partial charge is 0.475 e. The summed E-state index contributed by atoms with van der Waals surface area (Å²) in [5.74, 6) is 0.768. The van der Waals surface area contributed by atoms with E-state index in [1.165, 1.54) is 9.87 Å². The number of aromatic amines is 1. The molecule has 1 saturated heterocycles. The number of fused-ring (bicyclic) bond motifs is 2. The number of likely N-dealkylation sites (N-methyl/N-ethyl adjacent to an activating group) is 1. The number of rotatable bonds is 9. The Morgan fingerprint density at radius 3 is 2.51 bits per heavy atom. The lowest BCUT2D eigenvalue weighted by Crippen LogP contribution is -2.43. The maximum atomic E-state index is 12.5. The number of ether oxygens (including phenoxy) is 2. The number of hydrogen-bond acceptors (Lipinski definition) is 10. The first-order chi connectivity index (χ1) is 19.8. The van der Waals surface area contributed by atoms with Crippen molar-refractivity contribution < 1.29 is 17.9 Å². The molecule has 0 amide bonds. The van der Waals surface area contributed by atoms with Crippen LogP contribution in [0.2, 0.25) is 0 Å². The fourth-order valence-electron chi connectivity index (χ4n) is 5.12. The first-order valence-corrected chi connectivity index (χ1v) is 15.0. The van der Waals surface area contributed by atoms with Crippen LogP contribution >= 0.6 is 0 Å². The van der Waals surface area contributed by atoms with Crippen LogP contribution in [0.3, 0.4) is 0 Å². The van der Waals surface area contributed by atoms with Gasteiger partial charge in [0.1, 0.15) is 17.1 Å². The molecule has 0 radical (unpaired) electrons. The minimum absolute atomic E-state index is 0.226. The number of hydrogen-bond donors (Lipinski definition) is 2. The average molecular weight is 579 g/mol. The Morgan fingerprint density at radius 2 is 1.76 bits per heavy atom. The molecule has 41 heavy (non-hydrogen) atoms. The molecule has 13 heteroatoms. The summed E-state index contributed by atoms with van der Waals surface area (Å²) in [6.07, 6.45) is 1.79. The maximum Gasteiger partial charge on any atom is 0.245 e. The smallest absolute Gasteiger partial charge is 0.245 e. The van der Waals surface area contributed by atoms with Gasteiger partial charge in [-0.3, -0.25) is 4.90 Å². The van der Waals surface area contributed by atoms with Crippen molar-refractivity contribution in [1.29, 1.82) is 0 Å². The molecule has 4 aromatic rings. The standard InChI is InChI=1S/C28H34N8O4S/c1-34-10-12-36(13-11-34)17-19-4-6-20(7-5-19)30-28-32-26-25(27(33-28)40-15-14-39-3)21(16-29-26)22-8-9-24-23(31-22)18-35(2)41(24,37)38/h4-9,16H,10-15,17-18H2,1-3H3,(H2,29,30,32,33). The highest BCUT2D eigenvalue weighted by Gasteiger charge is 2.33. The molecule has 1 fully saturated rings. The Balaban J connectivity index is 1.26. The Labute approximate surface area is 239 Å². The molecule has 3 aromatic heterocycles. The highest BCUT2D eigenvalue weighted by molar-refractivity contribution is 7.89. The van der Waals surface area contributed by atoms with Gasteiger partial charge in [0.25, 0.3) is 0 Å². The van der Waals surface area contributed by atoms with E-state index < -0.39 is 10.0 Å². The summed E-state index contributed by atoms with van der Waals surface area (Å²) < 4.78 is 37.5. The van der Waals surface area contributed by atoms with E-state index in [4.69, 9.17) is 19.4 Å². The zero-order valence-electron chi connectivity index (χ0n) is 23.4. The molecule has 2 aliphatic heterocycles. The number of H-pyrrole nitrogens is 1. The second-order valence-corrected chi connectivity index (χ2v) is 12.4. The number of sulfonamides is 1. The average Bonchev–Trinajstić information content (AvgIpc) is 3.48. The monoisotopic (exact) mass is 578 g/mol. The Bertz CT molecular complexity index is 1650. The van der Waals surface area contributed by atoms with E-state index in [-0.39, 0.29) is 11.4 Å². The van der Waals surface area contributed by atoms with Crippen molar-refractivity contribution in [3.63, 3.8) is 0 Å². The molecule has 0 bridgehead atoms. The fraction of sp³-hybridized carbons (Fsp3) is 0.393. The minimum Gasteiger partial charge on any atom is -0.475 e. The highest BCUT2D eigenvalue weighted by atomic mass is 32.2. The molecule has 0 aliphatic carbocycles. The van der Waals surface area contributed by atoms with Crippen LogP contribution in [0, 0.1) is 0 Å². The van der Waals surface area contributed by atoms with Crippen LogP contribution < -0.4 is 10.1 Å². The van der Waals surface area contributed by atoms with Crippen LogP contribution in [0.1, 0.15) is 11.3 Å². The number of nitrogens with one attached hydrogen (secondary N) is 2. The predicted molar refractivity (Wildman–Crippen MR) is 156 cm³/mol. The molecular formula is C28H34N8O4S. The molecule has 216 valence electrons. The summed E-state index contributed by atoms with van der Waals surface area (Å²) >= 11 is 0. The maximum absolute atomic E-state index is 12.5. The van der Waals surface area contributed by atoms with Gasteiger partial charge < -0.3 is 24.7 Å². The van der Waals surface area contributed by atoms with Crippen LogP contribution in [-0.4, -0.2) is 103 Å². The molecule has 12 nitrogen and oxygen atoms in total. The molecular weight excluding hydrogens is 544 g/mol. The Hall–Kier alpha value is -3.62. The number of anilines is 2. The summed E-state index contributed by atoms with van der Waals surface area (Å²) in [5.41, 5.74) is 4.54. The summed E-state index contributed by atoms with van der Waals surface area (Å²) in [6.45, 7) is 6.18. The number of benzene rings is 1. The third-order valence-electron chi connectivity index (χ3n) is 7.51. The van der Waals surface area contributed by atoms with E-state index in [9.17, 15) is 8.42 Å². The van der Waals surface area contributed by atoms with Gasteiger partial charge in [0.05, 0.1) is 29.9 Å². The van der Waals surface area contributed by atoms with Gasteiger partial charge in [-0.1, -0.05) is 12.1 Å². The summed E-state index contributed by atoms with van der Waals surface area (Å²) in [4.78, 5) is 22.3. The Kier molecular flexibility index (Phi) is 7.62. The predicted octanol–water partition coefficient (Wildman–Crippen LogP) is 2.67. The Morgan fingerprint density at radius 1 is 0.976 bits per heavy atom. The van der Waals surface area contributed by atoms with Gasteiger partial charge in [0, 0.05) is 64.3 Å². The normalized spacial score (nSPS) is 17.6. The van der Waals surface area contributed by atoms with Gasteiger partial charge in [-0.05, 0) is 36.9 Å². The molecule has 2 aliphatic rings. The van der Waals surface area contributed by atoms with E-state index in [1.54, 1.807) is 32.5 Å². The third kappa shape index (κ3) is 5.63. The SMILES string of the molecule is COCCOc1nc(Nc2ccc(CN3CCN(C)CC3)cc2)nc2[nH]cc(-c3ccc4c(n3)CN(C)S4(=O)=O)c12. The topological polar surface area (TPSA) is 129 Å². The minimum atomic E-state index is -3.50. The van der Waals surface area contributed by atoms with E-state index in [0.29, 0.717) is 47.5 Å². The van der Waals surface area contributed by atoms with Crippen LogP contribution in [0.25, 0.3) is 22.3 Å². The fourth-order valence-corrected chi connectivity index (χ4v) is 6.40. The van der Waals surface area contributed by atoms with Crippen molar-refractivity contribution >= 4 is 32.7 Å². The van der Waals surface area contributed by atoms with E-state index in [0.717, 1.165) is 44.0 Å². The van der Waals surface area contributed by atoms with Crippen LogP contribution in [0.5, 0.6) is 5.88 Å². The van der Waals surface area contributed by atoms with Crippen molar-refractivity contribution in [3.8, 4) is 17.1 Å². The number of pyridine rings is 1. The van der Waals surface area contributed by atoms with Gasteiger partial charge >= 0.3 is 0 Å². The van der Waals surface area contributed by atoms with Gasteiger partial charge in [-0.15, -0.1) is 0 Å². The molecule has 5 heterocycles. The van der Waals surface area contributed by atoms with Crippen LogP contribution in [0.15, 0.2) is 47.5 Å². The van der Waals surface area contributed by atoms with E-state index >= 15 is 0 Å². The third-order valence-corrected chi connectivity index (χ3v) is 9.38. The number of piperazine rings is 1. The van der Waals surface area contributed by atoms with Gasteiger partial charge in [-0.25, -0.2) is 13.4 Å². The molecule has 0 spiro atoms. The zero-order valence-corrected chi connectivity index (χ0v) is 24.2. The first kappa shape index (κ1) is 27.5. The van der Waals surface area contributed by atoms with Gasteiger partial charge in [0.15, 0.2) is 0 Å².